The Balaban J connectivity index is 2.89. The van der Waals surface area contributed by atoms with E-state index in [1.807, 2.05) is 18.2 Å². The van der Waals surface area contributed by atoms with E-state index in [1.54, 1.807) is 0 Å². The van der Waals surface area contributed by atoms with Crippen molar-refractivity contribution in [3.63, 3.8) is 0 Å². The second-order valence-electron chi connectivity index (χ2n) is 2.96. The van der Waals surface area contributed by atoms with Crippen LogP contribution in [0, 0.1) is 6.92 Å². The highest BCUT2D eigenvalue weighted by Crippen LogP contribution is 2.21. The molecule has 0 bridgehead atoms. The summed E-state index contributed by atoms with van der Waals surface area (Å²) in [5.74, 6) is 0. The quantitative estimate of drug-likeness (QED) is 0.569. The smallest absolute Gasteiger partial charge is 0.0386 e. The number of rotatable bonds is 0. The molecule has 0 aliphatic rings. The number of fused-ring (bicyclic) bond motifs is 1. The van der Waals surface area contributed by atoms with Crippen LogP contribution < -0.4 is 0 Å². The van der Waals surface area contributed by atoms with Crippen molar-refractivity contribution in [1.29, 1.82) is 0 Å². The summed E-state index contributed by atoms with van der Waals surface area (Å²) in [6.45, 7) is 2.10. The van der Waals surface area contributed by atoms with E-state index in [9.17, 15) is 0 Å². The van der Waals surface area contributed by atoms with E-state index in [0.717, 1.165) is 4.90 Å². The van der Waals surface area contributed by atoms with Crippen LogP contribution >= 0.6 is 12.6 Å². The van der Waals surface area contributed by atoms with Crippen molar-refractivity contribution in [3.05, 3.63) is 42.0 Å². The summed E-state index contributed by atoms with van der Waals surface area (Å²) in [4.78, 5) is 0.922. The molecule has 0 fully saturated rings. The molecule has 0 saturated carbocycles. The molecule has 0 aliphatic carbocycles. The van der Waals surface area contributed by atoms with E-state index in [-0.39, 0.29) is 0 Å². The van der Waals surface area contributed by atoms with Gasteiger partial charge in [-0.05, 0) is 35.4 Å². The third-order valence-electron chi connectivity index (χ3n) is 2.04. The van der Waals surface area contributed by atoms with Gasteiger partial charge in [-0.15, -0.1) is 0 Å². The lowest BCUT2D eigenvalue weighted by molar-refractivity contribution is 1.42. The molecule has 0 atom stereocenters. The third kappa shape index (κ3) is 1.16. The van der Waals surface area contributed by atoms with Gasteiger partial charge in [-0.25, -0.2) is 0 Å². The molecule has 0 spiro atoms. The first-order valence-electron chi connectivity index (χ1n) is 3.94. The molecule has 0 unspecified atom stereocenters. The Morgan fingerprint density at radius 2 is 1.83 bits per heavy atom. The zero-order valence-electron chi connectivity index (χ0n) is 6.87. The van der Waals surface area contributed by atoms with Crippen LogP contribution in [0.4, 0.5) is 0 Å². The van der Waals surface area contributed by atoms with Gasteiger partial charge < -0.3 is 0 Å². The van der Waals surface area contributed by atoms with Crippen LogP contribution in [0.15, 0.2) is 41.3 Å². The van der Waals surface area contributed by atoms with Gasteiger partial charge in [0, 0.05) is 4.90 Å². The van der Waals surface area contributed by atoms with Crippen molar-refractivity contribution < 1.29 is 0 Å². The highest BCUT2D eigenvalue weighted by atomic mass is 32.1. The molecular formula is C11H9S. The summed E-state index contributed by atoms with van der Waals surface area (Å²) in [6.07, 6.45) is 0. The van der Waals surface area contributed by atoms with Crippen LogP contribution in [-0.4, -0.2) is 0 Å². The fourth-order valence-electron chi connectivity index (χ4n) is 1.47. The van der Waals surface area contributed by atoms with Gasteiger partial charge in [0.2, 0.25) is 0 Å². The van der Waals surface area contributed by atoms with Crippen LogP contribution in [0.5, 0.6) is 0 Å². The Morgan fingerprint density at radius 1 is 1.08 bits per heavy atom. The topological polar surface area (TPSA) is 0 Å². The first-order valence-corrected chi connectivity index (χ1v) is 4.34. The van der Waals surface area contributed by atoms with Crippen LogP contribution in [0.25, 0.3) is 10.8 Å². The molecule has 2 aromatic rings. The first-order chi connectivity index (χ1) is 5.77. The van der Waals surface area contributed by atoms with Gasteiger partial charge in [-0.1, -0.05) is 36.9 Å². The van der Waals surface area contributed by atoms with Gasteiger partial charge in [-0.2, -0.15) is 0 Å². The van der Waals surface area contributed by atoms with Gasteiger partial charge in [-0.3, -0.25) is 0 Å². The molecule has 0 saturated heterocycles. The molecule has 2 aromatic carbocycles. The zero-order valence-corrected chi connectivity index (χ0v) is 7.69. The molecule has 0 aromatic heterocycles. The lowest BCUT2D eigenvalue weighted by atomic mass is 10.1. The average molecular weight is 173 g/mol. The third-order valence-corrected chi connectivity index (χ3v) is 2.28. The molecule has 1 heteroatoms. The normalized spacial score (nSPS) is 10.4. The van der Waals surface area contributed by atoms with Crippen LogP contribution in [0.2, 0.25) is 0 Å². The predicted molar refractivity (Wildman–Crippen MR) is 54.5 cm³/mol. The Hall–Kier alpha value is -1.08. The number of aryl methyl sites for hydroxylation is 1. The maximum Gasteiger partial charge on any atom is 0.0386 e. The van der Waals surface area contributed by atoms with Gasteiger partial charge in [0.05, 0.1) is 0 Å². The molecule has 0 aliphatic heterocycles. The average Bonchev–Trinajstić information content (AvgIpc) is 2.04. The van der Waals surface area contributed by atoms with Crippen molar-refractivity contribution in [3.8, 4) is 0 Å². The summed E-state index contributed by atoms with van der Waals surface area (Å²) >= 11 is 5.13. The molecule has 1 radical (unpaired) electrons. The van der Waals surface area contributed by atoms with Gasteiger partial charge >= 0.3 is 0 Å². The monoisotopic (exact) mass is 173 g/mol. The maximum atomic E-state index is 5.13. The van der Waals surface area contributed by atoms with Crippen molar-refractivity contribution in [2.24, 2.45) is 0 Å². The van der Waals surface area contributed by atoms with Gasteiger partial charge in [0.1, 0.15) is 0 Å². The lowest BCUT2D eigenvalue weighted by Gasteiger charge is -2.01. The van der Waals surface area contributed by atoms with Gasteiger partial charge in [0.15, 0.2) is 0 Å². The number of hydrogen-bond acceptors (Lipinski definition) is 0. The van der Waals surface area contributed by atoms with Crippen LogP contribution in [-0.2, 0) is 0 Å². The number of hydrogen-bond donors (Lipinski definition) is 0. The Morgan fingerprint density at radius 3 is 2.67 bits per heavy atom. The van der Waals surface area contributed by atoms with E-state index in [2.05, 4.69) is 25.1 Å². The molecule has 0 amide bonds. The Bertz CT molecular complexity index is 418. The minimum Gasteiger partial charge on any atom is -0.0801 e. The maximum absolute atomic E-state index is 5.13. The van der Waals surface area contributed by atoms with E-state index < -0.39 is 0 Å². The van der Waals surface area contributed by atoms with Crippen LogP contribution in [0.3, 0.4) is 0 Å². The SMILES string of the molecule is Cc1cc([S])cc2ccccc12. The Labute approximate surface area is 77.6 Å². The lowest BCUT2D eigenvalue weighted by Crippen LogP contribution is -1.78. The summed E-state index contributed by atoms with van der Waals surface area (Å²) in [5.41, 5.74) is 1.26. The zero-order chi connectivity index (χ0) is 8.55. The van der Waals surface area contributed by atoms with Crippen LogP contribution in [0.1, 0.15) is 5.56 Å². The van der Waals surface area contributed by atoms with E-state index in [1.165, 1.54) is 16.3 Å². The largest absolute Gasteiger partial charge is 0.0801 e. The highest BCUT2D eigenvalue weighted by Gasteiger charge is 1.96. The second kappa shape index (κ2) is 2.76. The van der Waals surface area contributed by atoms with E-state index >= 15 is 0 Å². The summed E-state index contributed by atoms with van der Waals surface area (Å²) in [7, 11) is 0. The van der Waals surface area contributed by atoms with Crippen molar-refractivity contribution in [1.82, 2.24) is 0 Å². The molecule has 59 valence electrons. The predicted octanol–water partition coefficient (Wildman–Crippen LogP) is 3.70. The molecular weight excluding hydrogens is 164 g/mol. The van der Waals surface area contributed by atoms with E-state index in [4.69, 9.17) is 12.6 Å². The van der Waals surface area contributed by atoms with Crippen molar-refractivity contribution in [2.75, 3.05) is 0 Å². The van der Waals surface area contributed by atoms with E-state index in [0.29, 0.717) is 0 Å². The molecule has 12 heavy (non-hydrogen) atoms. The molecule has 0 heterocycles. The number of benzene rings is 2. The molecule has 0 N–H and O–H groups in total. The Kier molecular flexibility index (Phi) is 1.74. The van der Waals surface area contributed by atoms with Crippen molar-refractivity contribution >= 4 is 23.4 Å². The fraction of sp³-hybridized carbons (Fsp3) is 0.0909. The summed E-state index contributed by atoms with van der Waals surface area (Å²) in [5, 5.41) is 2.54. The summed E-state index contributed by atoms with van der Waals surface area (Å²) < 4.78 is 0. The second-order valence-corrected chi connectivity index (χ2v) is 3.43. The molecule has 2 rings (SSSR count). The van der Waals surface area contributed by atoms with Gasteiger partial charge in [0.25, 0.3) is 0 Å². The minimum atomic E-state index is 0.922. The molecule has 0 nitrogen and oxygen atoms in total. The first kappa shape index (κ1) is 7.56. The highest BCUT2D eigenvalue weighted by molar-refractivity contribution is 7.80. The standard InChI is InChI=1S/C11H9S/c1-8-6-10(12)7-9-4-2-3-5-11(8)9/h2-7H,1H3. The van der Waals surface area contributed by atoms with Crippen molar-refractivity contribution in [2.45, 2.75) is 11.8 Å². The minimum absolute atomic E-state index is 0.922. The fourth-order valence-corrected chi connectivity index (χ4v) is 1.77. The summed E-state index contributed by atoms with van der Waals surface area (Å²) in [6, 6.07) is 12.4.